The van der Waals surface area contributed by atoms with Gasteiger partial charge in [-0.1, -0.05) is 60.7 Å². The number of carbonyl (C=O) groups is 3. The van der Waals surface area contributed by atoms with E-state index in [4.69, 9.17) is 0 Å². The molecule has 1 aliphatic heterocycles. The molecule has 0 aliphatic carbocycles. The van der Waals surface area contributed by atoms with Gasteiger partial charge in [0.15, 0.2) is 0 Å². The van der Waals surface area contributed by atoms with Gasteiger partial charge in [-0.2, -0.15) is 0 Å². The van der Waals surface area contributed by atoms with E-state index in [2.05, 4.69) is 10.6 Å². The van der Waals surface area contributed by atoms with Gasteiger partial charge in [-0.25, -0.2) is 4.79 Å². The molecule has 6 heteroatoms. The van der Waals surface area contributed by atoms with Crippen LogP contribution in [0.3, 0.4) is 0 Å². The molecular weight excluding hydrogens is 378 g/mol. The molecule has 1 atom stereocenters. The summed E-state index contributed by atoms with van der Waals surface area (Å²) in [7, 11) is 0. The molecule has 1 unspecified atom stereocenters. The van der Waals surface area contributed by atoms with Crippen LogP contribution in [-0.2, 0) is 21.7 Å². The quantitative estimate of drug-likeness (QED) is 0.645. The number of amides is 4. The number of benzene rings is 3. The molecule has 0 spiro atoms. The average Bonchev–Trinajstić information content (AvgIpc) is 2.96. The number of hydrogen-bond acceptors (Lipinski definition) is 3. The van der Waals surface area contributed by atoms with Crippen molar-refractivity contribution in [3.8, 4) is 0 Å². The number of carbonyl (C=O) groups excluding carboxylic acids is 3. The van der Waals surface area contributed by atoms with Crippen LogP contribution in [0.1, 0.15) is 23.6 Å². The van der Waals surface area contributed by atoms with E-state index in [0.29, 0.717) is 12.1 Å². The molecule has 30 heavy (non-hydrogen) atoms. The molecule has 1 saturated heterocycles. The Hall–Kier alpha value is -3.67. The molecule has 3 aromatic rings. The van der Waals surface area contributed by atoms with Crippen molar-refractivity contribution < 1.29 is 14.4 Å². The number of urea groups is 1. The molecule has 1 aliphatic rings. The Morgan fingerprint density at radius 2 is 1.70 bits per heavy atom. The predicted octanol–water partition coefficient (Wildman–Crippen LogP) is 3.23. The van der Waals surface area contributed by atoms with E-state index >= 15 is 0 Å². The van der Waals surface area contributed by atoms with Gasteiger partial charge >= 0.3 is 6.03 Å². The van der Waals surface area contributed by atoms with Crippen LogP contribution in [-0.4, -0.2) is 29.3 Å². The number of fused-ring (bicyclic) bond motifs is 1. The average molecular weight is 401 g/mol. The molecular formula is C24H23N3O3. The normalized spacial score (nSPS) is 18.5. The molecule has 0 radical (unpaired) electrons. The van der Waals surface area contributed by atoms with Crippen LogP contribution in [0.4, 0.5) is 4.79 Å². The molecule has 3 aromatic carbocycles. The summed E-state index contributed by atoms with van der Waals surface area (Å²) in [5.74, 6) is -0.821. The zero-order valence-corrected chi connectivity index (χ0v) is 16.9. The Kier molecular flexibility index (Phi) is 4.99. The van der Waals surface area contributed by atoms with Gasteiger partial charge in [-0.3, -0.25) is 14.5 Å². The Morgan fingerprint density at radius 1 is 1.00 bits per heavy atom. The van der Waals surface area contributed by atoms with Gasteiger partial charge in [0.05, 0.1) is 0 Å². The van der Waals surface area contributed by atoms with Crippen LogP contribution in [0.2, 0.25) is 0 Å². The van der Waals surface area contributed by atoms with Crippen LogP contribution in [0.25, 0.3) is 10.8 Å². The molecule has 6 nitrogen and oxygen atoms in total. The lowest BCUT2D eigenvalue weighted by molar-refractivity contribution is -0.134. The van der Waals surface area contributed by atoms with Gasteiger partial charge in [0.25, 0.3) is 5.91 Å². The van der Waals surface area contributed by atoms with Crippen LogP contribution >= 0.6 is 0 Å². The van der Waals surface area contributed by atoms with Gasteiger partial charge in [0.1, 0.15) is 12.1 Å². The van der Waals surface area contributed by atoms with Crippen molar-refractivity contribution in [1.29, 1.82) is 0 Å². The summed E-state index contributed by atoms with van der Waals surface area (Å²) in [5, 5.41) is 7.57. The van der Waals surface area contributed by atoms with Gasteiger partial charge in [-0.05, 0) is 47.4 Å². The largest absolute Gasteiger partial charge is 0.350 e. The van der Waals surface area contributed by atoms with Crippen molar-refractivity contribution in [1.82, 2.24) is 15.5 Å². The summed E-state index contributed by atoms with van der Waals surface area (Å²) in [5.41, 5.74) is 1.53. The monoisotopic (exact) mass is 401 g/mol. The minimum absolute atomic E-state index is 0.320. The van der Waals surface area contributed by atoms with Gasteiger partial charge in [-0.15, -0.1) is 0 Å². The first-order valence-electron chi connectivity index (χ1n) is 9.83. The van der Waals surface area contributed by atoms with Crippen molar-refractivity contribution in [2.45, 2.75) is 25.9 Å². The van der Waals surface area contributed by atoms with Gasteiger partial charge in [0, 0.05) is 6.54 Å². The summed E-state index contributed by atoms with van der Waals surface area (Å²) in [6.45, 7) is 3.66. The summed E-state index contributed by atoms with van der Waals surface area (Å²) >= 11 is 0. The van der Waals surface area contributed by atoms with Crippen LogP contribution in [0.5, 0.6) is 0 Å². The molecule has 2 N–H and O–H groups in total. The zero-order valence-electron chi connectivity index (χ0n) is 16.9. The SMILES string of the molecule is Cc1ccccc1CNC(=O)CN1C(=O)NC(C)(c2ccc3ccccc3c2)C1=O. The lowest BCUT2D eigenvalue weighted by Gasteiger charge is -2.22. The molecule has 1 heterocycles. The predicted molar refractivity (Wildman–Crippen MR) is 115 cm³/mol. The number of aryl methyl sites for hydroxylation is 1. The highest BCUT2D eigenvalue weighted by atomic mass is 16.2. The first-order valence-corrected chi connectivity index (χ1v) is 9.83. The minimum Gasteiger partial charge on any atom is -0.350 e. The van der Waals surface area contributed by atoms with Crippen molar-refractivity contribution in [3.05, 3.63) is 83.4 Å². The fourth-order valence-corrected chi connectivity index (χ4v) is 3.74. The third-order valence-electron chi connectivity index (χ3n) is 5.64. The molecule has 152 valence electrons. The Bertz CT molecular complexity index is 1160. The van der Waals surface area contributed by atoms with Crippen LogP contribution in [0.15, 0.2) is 66.7 Å². The molecule has 0 saturated carbocycles. The summed E-state index contributed by atoms with van der Waals surface area (Å²) in [6, 6.07) is 20.6. The van der Waals surface area contributed by atoms with E-state index in [-0.39, 0.29) is 12.5 Å². The lowest BCUT2D eigenvalue weighted by Crippen LogP contribution is -2.43. The maximum absolute atomic E-state index is 13.1. The van der Waals surface area contributed by atoms with Crippen molar-refractivity contribution >= 4 is 28.6 Å². The van der Waals surface area contributed by atoms with E-state index in [1.807, 2.05) is 73.7 Å². The Morgan fingerprint density at radius 3 is 2.47 bits per heavy atom. The molecule has 1 fully saturated rings. The van der Waals surface area contributed by atoms with E-state index in [0.717, 1.165) is 26.8 Å². The van der Waals surface area contributed by atoms with Gasteiger partial charge in [0.2, 0.25) is 5.91 Å². The Labute approximate surface area is 174 Å². The highest BCUT2D eigenvalue weighted by molar-refractivity contribution is 6.09. The lowest BCUT2D eigenvalue weighted by atomic mass is 9.90. The highest BCUT2D eigenvalue weighted by Crippen LogP contribution is 2.30. The smallest absolute Gasteiger partial charge is 0.325 e. The minimum atomic E-state index is -1.21. The Balaban J connectivity index is 1.49. The second-order valence-corrected chi connectivity index (χ2v) is 7.71. The van der Waals surface area contributed by atoms with E-state index in [1.54, 1.807) is 6.92 Å². The fraction of sp³-hybridized carbons (Fsp3) is 0.208. The third kappa shape index (κ3) is 3.52. The number of nitrogens with one attached hydrogen (secondary N) is 2. The fourth-order valence-electron chi connectivity index (χ4n) is 3.74. The van der Waals surface area contributed by atoms with Crippen LogP contribution < -0.4 is 10.6 Å². The van der Waals surface area contributed by atoms with Crippen molar-refractivity contribution in [3.63, 3.8) is 0 Å². The van der Waals surface area contributed by atoms with E-state index in [9.17, 15) is 14.4 Å². The number of imide groups is 1. The highest BCUT2D eigenvalue weighted by Gasteiger charge is 2.49. The maximum atomic E-state index is 13.1. The topological polar surface area (TPSA) is 78.5 Å². The second kappa shape index (κ2) is 7.63. The first kappa shape index (κ1) is 19.6. The van der Waals surface area contributed by atoms with Crippen molar-refractivity contribution in [2.24, 2.45) is 0 Å². The molecule has 0 aromatic heterocycles. The molecule has 4 amide bonds. The third-order valence-corrected chi connectivity index (χ3v) is 5.64. The second-order valence-electron chi connectivity index (χ2n) is 7.71. The maximum Gasteiger partial charge on any atom is 0.325 e. The number of rotatable bonds is 5. The van der Waals surface area contributed by atoms with Crippen LogP contribution in [0, 0.1) is 6.92 Å². The number of nitrogens with zero attached hydrogens (tertiary/aromatic N) is 1. The number of hydrogen-bond donors (Lipinski definition) is 2. The van der Waals surface area contributed by atoms with Gasteiger partial charge < -0.3 is 10.6 Å². The summed E-state index contributed by atoms with van der Waals surface area (Å²) in [6.07, 6.45) is 0. The zero-order chi connectivity index (χ0) is 21.3. The summed E-state index contributed by atoms with van der Waals surface area (Å²) in [4.78, 5) is 39.0. The molecule has 4 rings (SSSR count). The molecule has 0 bridgehead atoms. The standard InChI is InChI=1S/C24H23N3O3/c1-16-7-3-4-10-19(16)14-25-21(28)15-27-22(29)24(2,26-23(27)30)20-12-11-17-8-5-6-9-18(17)13-20/h3-13H,14-15H2,1-2H3,(H,25,28)(H,26,30). The van der Waals surface area contributed by atoms with E-state index in [1.165, 1.54) is 0 Å². The first-order chi connectivity index (χ1) is 14.4. The summed E-state index contributed by atoms with van der Waals surface area (Å²) < 4.78 is 0. The van der Waals surface area contributed by atoms with E-state index < -0.39 is 17.5 Å². The van der Waals surface area contributed by atoms with Crippen molar-refractivity contribution in [2.75, 3.05) is 6.54 Å².